The van der Waals surface area contributed by atoms with Crippen LogP contribution in [0.1, 0.15) is 5.56 Å². The lowest BCUT2D eigenvalue weighted by atomic mass is 10.1. The Hall–Kier alpha value is -2.14. The van der Waals surface area contributed by atoms with Crippen molar-refractivity contribution >= 4 is 28.5 Å². The average Bonchev–Trinajstić information content (AvgIpc) is 2.46. The SMILES string of the molecule is Nc1nc2ccccc2cc1CSc1cnccn1. The van der Waals surface area contributed by atoms with Crippen molar-refractivity contribution in [2.45, 2.75) is 10.8 Å². The van der Waals surface area contributed by atoms with E-state index in [0.29, 0.717) is 5.82 Å². The molecule has 3 aromatic rings. The zero-order valence-corrected chi connectivity index (χ0v) is 11.0. The largest absolute Gasteiger partial charge is 0.383 e. The number of rotatable bonds is 3. The molecule has 0 fully saturated rings. The van der Waals surface area contributed by atoms with Crippen LogP contribution in [0.5, 0.6) is 0 Å². The molecule has 3 rings (SSSR count). The number of hydrogen-bond donors (Lipinski definition) is 1. The highest BCUT2D eigenvalue weighted by Gasteiger charge is 2.05. The zero-order chi connectivity index (χ0) is 13.1. The fourth-order valence-corrected chi connectivity index (χ4v) is 2.61. The van der Waals surface area contributed by atoms with E-state index in [-0.39, 0.29) is 0 Å². The molecule has 0 saturated heterocycles. The maximum atomic E-state index is 5.99. The Kier molecular flexibility index (Phi) is 3.29. The van der Waals surface area contributed by atoms with Crippen LogP contribution in [-0.2, 0) is 5.75 Å². The number of anilines is 1. The molecule has 0 aliphatic carbocycles. The molecule has 2 N–H and O–H groups in total. The van der Waals surface area contributed by atoms with Gasteiger partial charge in [0, 0.05) is 29.1 Å². The highest BCUT2D eigenvalue weighted by molar-refractivity contribution is 7.98. The number of nitrogens with zero attached hydrogens (tertiary/aromatic N) is 3. The molecule has 4 nitrogen and oxygen atoms in total. The molecule has 0 saturated carbocycles. The molecule has 5 heteroatoms. The second-order valence-electron chi connectivity index (χ2n) is 4.06. The number of pyridine rings is 1. The van der Waals surface area contributed by atoms with E-state index in [1.807, 2.05) is 24.3 Å². The van der Waals surface area contributed by atoms with Crippen LogP contribution in [0, 0.1) is 0 Å². The van der Waals surface area contributed by atoms with Crippen molar-refractivity contribution in [3.8, 4) is 0 Å². The van der Waals surface area contributed by atoms with E-state index in [1.165, 1.54) is 0 Å². The standard InChI is InChI=1S/C14H12N4S/c15-14-11(9-19-13-8-16-5-6-17-13)7-10-3-1-2-4-12(10)18-14/h1-8H,9H2,(H2,15,18). The molecular formula is C14H12N4S. The van der Waals surface area contributed by atoms with Crippen molar-refractivity contribution in [1.82, 2.24) is 15.0 Å². The number of thioether (sulfide) groups is 1. The fraction of sp³-hybridized carbons (Fsp3) is 0.0714. The van der Waals surface area contributed by atoms with Crippen LogP contribution in [-0.4, -0.2) is 15.0 Å². The summed E-state index contributed by atoms with van der Waals surface area (Å²) in [7, 11) is 0. The maximum Gasteiger partial charge on any atom is 0.128 e. The molecule has 0 aliphatic rings. The Morgan fingerprint density at radius 3 is 2.89 bits per heavy atom. The van der Waals surface area contributed by atoms with Crippen LogP contribution in [0.4, 0.5) is 5.82 Å². The number of benzene rings is 1. The summed E-state index contributed by atoms with van der Waals surface area (Å²) >= 11 is 1.60. The second kappa shape index (κ2) is 5.24. The average molecular weight is 268 g/mol. The summed E-state index contributed by atoms with van der Waals surface area (Å²) in [6.45, 7) is 0. The van der Waals surface area contributed by atoms with Gasteiger partial charge in [0.05, 0.1) is 11.7 Å². The van der Waals surface area contributed by atoms with Crippen LogP contribution in [0.2, 0.25) is 0 Å². The molecule has 2 aromatic heterocycles. The van der Waals surface area contributed by atoms with Crippen LogP contribution in [0.15, 0.2) is 53.9 Å². The van der Waals surface area contributed by atoms with E-state index >= 15 is 0 Å². The van der Waals surface area contributed by atoms with Gasteiger partial charge in [-0.15, -0.1) is 0 Å². The summed E-state index contributed by atoms with van der Waals surface area (Å²) < 4.78 is 0. The molecule has 0 spiro atoms. The lowest BCUT2D eigenvalue weighted by Crippen LogP contribution is -1.97. The second-order valence-corrected chi connectivity index (χ2v) is 5.05. The Labute approximate surface area is 115 Å². The predicted octanol–water partition coefficient (Wildman–Crippen LogP) is 2.90. The Morgan fingerprint density at radius 2 is 2.05 bits per heavy atom. The quantitative estimate of drug-likeness (QED) is 0.740. The van der Waals surface area contributed by atoms with Crippen LogP contribution in [0.3, 0.4) is 0 Å². The van der Waals surface area contributed by atoms with Crippen LogP contribution < -0.4 is 5.73 Å². The summed E-state index contributed by atoms with van der Waals surface area (Å²) in [6, 6.07) is 10.0. The van der Waals surface area contributed by atoms with Gasteiger partial charge in [-0.25, -0.2) is 9.97 Å². The van der Waals surface area contributed by atoms with E-state index in [4.69, 9.17) is 5.73 Å². The molecule has 0 unspecified atom stereocenters. The van der Waals surface area contributed by atoms with Crippen LogP contribution in [0.25, 0.3) is 10.9 Å². The molecule has 0 amide bonds. The number of hydrogen-bond acceptors (Lipinski definition) is 5. The van der Waals surface area contributed by atoms with Gasteiger partial charge in [-0.1, -0.05) is 30.0 Å². The third-order valence-corrected chi connectivity index (χ3v) is 3.71. The van der Waals surface area contributed by atoms with E-state index in [1.54, 1.807) is 30.4 Å². The van der Waals surface area contributed by atoms with Crippen molar-refractivity contribution in [2.24, 2.45) is 0 Å². The van der Waals surface area contributed by atoms with E-state index in [0.717, 1.165) is 27.2 Å². The van der Waals surface area contributed by atoms with Gasteiger partial charge in [0.25, 0.3) is 0 Å². The number of nitrogen functional groups attached to an aromatic ring is 1. The van der Waals surface area contributed by atoms with Crippen molar-refractivity contribution in [3.63, 3.8) is 0 Å². The number of fused-ring (bicyclic) bond motifs is 1. The lowest BCUT2D eigenvalue weighted by molar-refractivity contribution is 1.05. The van der Waals surface area contributed by atoms with Gasteiger partial charge in [-0.05, 0) is 12.1 Å². The van der Waals surface area contributed by atoms with E-state index in [2.05, 4.69) is 21.0 Å². The van der Waals surface area contributed by atoms with Gasteiger partial charge in [-0.2, -0.15) is 0 Å². The minimum atomic E-state index is 0.579. The smallest absolute Gasteiger partial charge is 0.128 e. The van der Waals surface area contributed by atoms with Gasteiger partial charge in [-0.3, -0.25) is 4.98 Å². The van der Waals surface area contributed by atoms with Gasteiger partial charge in [0.1, 0.15) is 10.8 Å². The summed E-state index contributed by atoms with van der Waals surface area (Å²) in [5.74, 6) is 1.32. The maximum absolute atomic E-state index is 5.99. The molecule has 2 heterocycles. The van der Waals surface area contributed by atoms with Crippen molar-refractivity contribution in [3.05, 3.63) is 54.5 Å². The predicted molar refractivity (Wildman–Crippen MR) is 77.7 cm³/mol. The zero-order valence-electron chi connectivity index (χ0n) is 10.2. The molecule has 0 aliphatic heterocycles. The monoisotopic (exact) mass is 268 g/mol. The van der Waals surface area contributed by atoms with E-state index < -0.39 is 0 Å². The third-order valence-electron chi connectivity index (χ3n) is 2.75. The van der Waals surface area contributed by atoms with Gasteiger partial charge >= 0.3 is 0 Å². The number of nitrogens with two attached hydrogens (primary N) is 1. The van der Waals surface area contributed by atoms with Gasteiger partial charge in [0.2, 0.25) is 0 Å². The van der Waals surface area contributed by atoms with Gasteiger partial charge in [0.15, 0.2) is 0 Å². The minimum absolute atomic E-state index is 0.579. The summed E-state index contributed by atoms with van der Waals surface area (Å²) in [5.41, 5.74) is 7.94. The molecular weight excluding hydrogens is 256 g/mol. The first-order valence-electron chi connectivity index (χ1n) is 5.86. The first-order valence-corrected chi connectivity index (χ1v) is 6.84. The summed E-state index contributed by atoms with van der Waals surface area (Å²) in [6.07, 6.45) is 5.09. The molecule has 0 bridgehead atoms. The first kappa shape index (κ1) is 11.9. The number of para-hydroxylation sites is 1. The van der Waals surface area contributed by atoms with Crippen molar-refractivity contribution in [1.29, 1.82) is 0 Å². The fourth-order valence-electron chi connectivity index (χ4n) is 1.80. The third kappa shape index (κ3) is 2.66. The van der Waals surface area contributed by atoms with Crippen molar-refractivity contribution < 1.29 is 0 Å². The van der Waals surface area contributed by atoms with Crippen molar-refractivity contribution in [2.75, 3.05) is 5.73 Å². The Bertz CT molecular complexity index is 700. The molecule has 19 heavy (non-hydrogen) atoms. The molecule has 1 aromatic carbocycles. The minimum Gasteiger partial charge on any atom is -0.383 e. The highest BCUT2D eigenvalue weighted by atomic mass is 32.2. The lowest BCUT2D eigenvalue weighted by Gasteiger charge is -2.06. The van der Waals surface area contributed by atoms with E-state index in [9.17, 15) is 0 Å². The molecule has 0 atom stereocenters. The summed E-state index contributed by atoms with van der Waals surface area (Å²) in [4.78, 5) is 12.7. The summed E-state index contributed by atoms with van der Waals surface area (Å²) in [5, 5.41) is 1.99. The first-order chi connectivity index (χ1) is 9.33. The molecule has 94 valence electrons. The van der Waals surface area contributed by atoms with Gasteiger partial charge < -0.3 is 5.73 Å². The Balaban J connectivity index is 1.86. The Morgan fingerprint density at radius 1 is 1.16 bits per heavy atom. The number of aromatic nitrogens is 3. The van der Waals surface area contributed by atoms with Crippen LogP contribution >= 0.6 is 11.8 Å². The molecule has 0 radical (unpaired) electrons. The highest BCUT2D eigenvalue weighted by Crippen LogP contribution is 2.25. The normalized spacial score (nSPS) is 10.7. The topological polar surface area (TPSA) is 64.7 Å².